The smallest absolute Gasteiger partial charge is 0.351 e. The fraction of sp³-hybridized carbons (Fsp3) is 0.556. The molecule has 19 heavy (non-hydrogen) atoms. The Morgan fingerprint density at radius 1 is 1.68 bits per heavy atom. The summed E-state index contributed by atoms with van der Waals surface area (Å²) in [6, 6.07) is 0.335. The maximum Gasteiger partial charge on any atom is 0.351 e. The van der Waals surface area contributed by atoms with Crippen molar-refractivity contribution in [2.45, 2.75) is 24.5 Å². The first-order chi connectivity index (χ1) is 9.08. The van der Waals surface area contributed by atoms with Gasteiger partial charge in [0, 0.05) is 11.1 Å². The van der Waals surface area contributed by atoms with E-state index in [9.17, 15) is 9.90 Å². The van der Waals surface area contributed by atoms with Crippen molar-refractivity contribution in [3.63, 3.8) is 0 Å². The van der Waals surface area contributed by atoms with Crippen LogP contribution in [0.4, 0.5) is 5.82 Å². The van der Waals surface area contributed by atoms with E-state index >= 15 is 0 Å². The van der Waals surface area contributed by atoms with Crippen LogP contribution in [0.25, 0.3) is 10.4 Å². The standard InChI is InChI=1S/C9H12N6O4/c10-5-1-2-15(9(18)12-5)8-6(13-14-11)7(17)4(3-16)19-8/h1-2,4,6-8,16-17H,3H2,(H2,10,12,18). The van der Waals surface area contributed by atoms with Crippen LogP contribution in [0.15, 0.2) is 22.2 Å². The van der Waals surface area contributed by atoms with Crippen LogP contribution in [-0.4, -0.2) is 44.6 Å². The number of nitrogen functional groups attached to an aromatic ring is 1. The van der Waals surface area contributed by atoms with Gasteiger partial charge in [-0.15, -0.1) is 0 Å². The molecule has 2 heterocycles. The molecule has 0 bridgehead atoms. The highest BCUT2D eigenvalue weighted by molar-refractivity contribution is 5.23. The Morgan fingerprint density at radius 3 is 3.00 bits per heavy atom. The van der Waals surface area contributed by atoms with E-state index in [0.29, 0.717) is 0 Å². The van der Waals surface area contributed by atoms with Crippen molar-refractivity contribution in [2.75, 3.05) is 12.3 Å². The van der Waals surface area contributed by atoms with Gasteiger partial charge < -0.3 is 20.7 Å². The van der Waals surface area contributed by atoms with Crippen LogP contribution in [-0.2, 0) is 4.74 Å². The number of azide groups is 1. The molecule has 1 saturated heterocycles. The molecule has 10 nitrogen and oxygen atoms in total. The number of nitrogens with zero attached hydrogens (tertiary/aromatic N) is 5. The van der Waals surface area contributed by atoms with Crippen LogP contribution in [0.5, 0.6) is 0 Å². The second kappa shape index (κ2) is 5.24. The Bertz CT molecular complexity index is 568. The topological polar surface area (TPSA) is 159 Å². The summed E-state index contributed by atoms with van der Waals surface area (Å²) < 4.78 is 6.36. The van der Waals surface area contributed by atoms with E-state index in [1.54, 1.807) is 0 Å². The molecule has 0 amide bonds. The van der Waals surface area contributed by atoms with Crippen LogP contribution in [0.3, 0.4) is 0 Å². The lowest BCUT2D eigenvalue weighted by Crippen LogP contribution is -2.34. The Balaban J connectivity index is 2.41. The summed E-state index contributed by atoms with van der Waals surface area (Å²) in [5, 5.41) is 22.3. The number of hydrogen-bond donors (Lipinski definition) is 3. The van der Waals surface area contributed by atoms with Crippen molar-refractivity contribution in [1.29, 1.82) is 0 Å². The van der Waals surface area contributed by atoms with Crippen molar-refractivity contribution in [2.24, 2.45) is 5.11 Å². The maximum atomic E-state index is 11.7. The molecule has 1 fully saturated rings. The maximum absolute atomic E-state index is 11.7. The Kier molecular flexibility index (Phi) is 3.67. The monoisotopic (exact) mass is 268 g/mol. The number of aromatic nitrogens is 2. The molecule has 4 atom stereocenters. The first-order valence-corrected chi connectivity index (χ1v) is 5.41. The van der Waals surface area contributed by atoms with E-state index in [0.717, 1.165) is 4.57 Å². The van der Waals surface area contributed by atoms with Gasteiger partial charge in [-0.3, -0.25) is 4.57 Å². The number of hydrogen-bond acceptors (Lipinski definition) is 7. The van der Waals surface area contributed by atoms with Gasteiger partial charge in [0.1, 0.15) is 24.2 Å². The second-order valence-electron chi connectivity index (χ2n) is 3.98. The number of anilines is 1. The van der Waals surface area contributed by atoms with E-state index in [-0.39, 0.29) is 5.82 Å². The quantitative estimate of drug-likeness (QED) is 0.353. The average molecular weight is 268 g/mol. The fourth-order valence-electron chi connectivity index (χ4n) is 1.91. The van der Waals surface area contributed by atoms with Crippen molar-refractivity contribution in [3.05, 3.63) is 33.2 Å². The molecule has 102 valence electrons. The second-order valence-corrected chi connectivity index (χ2v) is 3.98. The third-order valence-electron chi connectivity index (χ3n) is 2.83. The molecular formula is C9H12N6O4. The molecule has 10 heteroatoms. The molecule has 1 aromatic heterocycles. The SMILES string of the molecule is [N-]=[N+]=NC1C(O)C(CO)OC1n1ccc(N)nc1=O. The minimum atomic E-state index is -1.21. The van der Waals surface area contributed by atoms with Gasteiger partial charge in [-0.05, 0) is 11.6 Å². The summed E-state index contributed by atoms with van der Waals surface area (Å²) in [6.45, 7) is -0.466. The van der Waals surface area contributed by atoms with Gasteiger partial charge in [0.05, 0.1) is 12.7 Å². The number of nitrogens with two attached hydrogens (primary N) is 1. The predicted octanol–water partition coefficient (Wildman–Crippen LogP) is -1.24. The highest BCUT2D eigenvalue weighted by Gasteiger charge is 2.44. The molecule has 0 saturated carbocycles. The minimum Gasteiger partial charge on any atom is -0.394 e. The molecule has 1 aliphatic heterocycles. The van der Waals surface area contributed by atoms with E-state index in [1.807, 2.05) is 0 Å². The highest BCUT2D eigenvalue weighted by atomic mass is 16.5. The Hall–Kier alpha value is -2.13. The third-order valence-corrected chi connectivity index (χ3v) is 2.83. The fourth-order valence-corrected chi connectivity index (χ4v) is 1.91. The van der Waals surface area contributed by atoms with Crippen molar-refractivity contribution in [3.8, 4) is 0 Å². The zero-order valence-electron chi connectivity index (χ0n) is 9.70. The van der Waals surface area contributed by atoms with Gasteiger partial charge in [0.2, 0.25) is 0 Å². The lowest BCUT2D eigenvalue weighted by Gasteiger charge is -2.17. The summed E-state index contributed by atoms with van der Waals surface area (Å²) >= 11 is 0. The van der Waals surface area contributed by atoms with E-state index in [4.69, 9.17) is 21.1 Å². The molecule has 2 rings (SSSR count). The van der Waals surface area contributed by atoms with Gasteiger partial charge >= 0.3 is 5.69 Å². The Labute approximate surface area is 106 Å². The summed E-state index contributed by atoms with van der Waals surface area (Å²) in [5.74, 6) is 0.0406. The molecule has 0 aromatic carbocycles. The first kappa shape index (κ1) is 13.3. The average Bonchev–Trinajstić information content (AvgIpc) is 2.68. The van der Waals surface area contributed by atoms with Crippen LogP contribution in [0.1, 0.15) is 6.23 Å². The van der Waals surface area contributed by atoms with Crippen molar-refractivity contribution < 1.29 is 14.9 Å². The molecule has 0 aliphatic carbocycles. The van der Waals surface area contributed by atoms with Crippen LogP contribution >= 0.6 is 0 Å². The minimum absolute atomic E-state index is 0.0406. The van der Waals surface area contributed by atoms with Gasteiger partial charge in [-0.2, -0.15) is 4.98 Å². The van der Waals surface area contributed by atoms with E-state index < -0.39 is 36.8 Å². The van der Waals surface area contributed by atoms with Crippen LogP contribution in [0.2, 0.25) is 0 Å². The number of aliphatic hydroxyl groups excluding tert-OH is 2. The molecule has 0 radical (unpaired) electrons. The highest BCUT2D eigenvalue weighted by Crippen LogP contribution is 2.30. The summed E-state index contributed by atoms with van der Waals surface area (Å²) in [4.78, 5) is 17.8. The van der Waals surface area contributed by atoms with Crippen molar-refractivity contribution in [1.82, 2.24) is 9.55 Å². The molecule has 0 spiro atoms. The zero-order chi connectivity index (χ0) is 14.0. The molecule has 4 unspecified atom stereocenters. The van der Waals surface area contributed by atoms with Crippen LogP contribution < -0.4 is 11.4 Å². The largest absolute Gasteiger partial charge is 0.394 e. The molecular weight excluding hydrogens is 256 g/mol. The molecule has 1 aromatic rings. The van der Waals surface area contributed by atoms with Crippen molar-refractivity contribution >= 4 is 5.82 Å². The normalized spacial score (nSPS) is 30.0. The van der Waals surface area contributed by atoms with Gasteiger partial charge in [-0.25, -0.2) is 4.79 Å². The van der Waals surface area contributed by atoms with E-state index in [2.05, 4.69) is 15.0 Å². The zero-order valence-corrected chi connectivity index (χ0v) is 9.70. The Morgan fingerprint density at radius 2 is 2.42 bits per heavy atom. The van der Waals surface area contributed by atoms with Gasteiger partial charge in [0.15, 0.2) is 0 Å². The summed E-state index contributed by atoms with van der Waals surface area (Å²) in [5.41, 5.74) is 13.2. The predicted molar refractivity (Wildman–Crippen MR) is 62.8 cm³/mol. The van der Waals surface area contributed by atoms with Gasteiger partial charge in [0.25, 0.3) is 0 Å². The molecule has 4 N–H and O–H groups in total. The number of ether oxygens (including phenoxy) is 1. The third kappa shape index (κ3) is 2.37. The number of rotatable bonds is 3. The summed E-state index contributed by atoms with van der Waals surface area (Å²) in [7, 11) is 0. The van der Waals surface area contributed by atoms with E-state index in [1.165, 1.54) is 12.3 Å². The first-order valence-electron chi connectivity index (χ1n) is 5.41. The number of aliphatic hydroxyl groups is 2. The van der Waals surface area contributed by atoms with Crippen LogP contribution in [0, 0.1) is 0 Å². The summed E-state index contributed by atoms with van der Waals surface area (Å²) in [6.07, 6.45) is -1.87. The lowest BCUT2D eigenvalue weighted by atomic mass is 10.1. The lowest BCUT2D eigenvalue weighted by molar-refractivity contribution is -0.0464. The molecule has 1 aliphatic rings. The van der Waals surface area contributed by atoms with Gasteiger partial charge in [-0.1, -0.05) is 5.11 Å².